The molecule has 0 radical (unpaired) electrons. The van der Waals surface area contributed by atoms with Gasteiger partial charge in [0.05, 0.1) is 11.1 Å². The average Bonchev–Trinajstić information content (AvgIpc) is 2.96. The predicted octanol–water partition coefficient (Wildman–Crippen LogP) is 9.71. The Kier molecular flexibility index (Phi) is 8.35. The van der Waals surface area contributed by atoms with Crippen LogP contribution in [0, 0.1) is 17.7 Å². The largest absolute Gasteiger partial charge is 0.416 e. The van der Waals surface area contributed by atoms with Gasteiger partial charge in [0, 0.05) is 22.8 Å². The molecule has 3 aromatic carbocycles. The second-order valence-corrected chi connectivity index (χ2v) is 11.4. The van der Waals surface area contributed by atoms with Crippen molar-refractivity contribution >= 4 is 11.3 Å². The molecule has 0 fully saturated rings. The summed E-state index contributed by atoms with van der Waals surface area (Å²) in [5.41, 5.74) is -1.99. The van der Waals surface area contributed by atoms with E-state index in [2.05, 4.69) is 0 Å². The predicted molar refractivity (Wildman–Crippen MR) is 152 cm³/mol. The number of rotatable bonds is 6. The van der Waals surface area contributed by atoms with E-state index < -0.39 is 53.0 Å². The molecule has 2 aliphatic rings. The summed E-state index contributed by atoms with van der Waals surface area (Å²) in [7, 11) is 0. The lowest BCUT2D eigenvalue weighted by Gasteiger charge is -2.44. The van der Waals surface area contributed by atoms with E-state index in [0.29, 0.717) is 24.0 Å². The van der Waals surface area contributed by atoms with E-state index in [4.69, 9.17) is 4.99 Å². The topological polar surface area (TPSA) is 32.6 Å². The molecule has 2 nitrogen and oxygen atoms in total. The van der Waals surface area contributed by atoms with Crippen LogP contribution in [0.2, 0.25) is 0 Å². The zero-order chi connectivity index (χ0) is 32.0. The first kappa shape index (κ1) is 31.6. The zero-order valence-electron chi connectivity index (χ0n) is 23.8. The minimum absolute atomic E-state index is 0.0517. The quantitative estimate of drug-likeness (QED) is 0.274. The number of fused-ring (bicyclic) bond motifs is 1. The fraction of sp³-hybridized carbons (Fsp3) is 0.324. The Morgan fingerprint density at radius 2 is 1.39 bits per heavy atom. The molecular formula is C34H29F8NO. The molecule has 3 unspecified atom stereocenters. The van der Waals surface area contributed by atoms with Crippen LogP contribution in [-0.2, 0) is 18.8 Å². The van der Waals surface area contributed by atoms with E-state index in [1.165, 1.54) is 36.4 Å². The van der Waals surface area contributed by atoms with Crippen molar-refractivity contribution in [3.8, 4) is 0 Å². The lowest BCUT2D eigenvalue weighted by molar-refractivity contribution is -0.138. The Morgan fingerprint density at radius 1 is 0.841 bits per heavy atom. The van der Waals surface area contributed by atoms with Crippen molar-refractivity contribution < 1.29 is 40.2 Å². The van der Waals surface area contributed by atoms with Crippen molar-refractivity contribution in [3.63, 3.8) is 0 Å². The van der Waals surface area contributed by atoms with Crippen LogP contribution in [0.15, 0.2) is 95.0 Å². The monoisotopic (exact) mass is 619 g/mol. The fourth-order valence-electron chi connectivity index (χ4n) is 5.95. The summed E-state index contributed by atoms with van der Waals surface area (Å²) in [4.78, 5) is 4.72. The van der Waals surface area contributed by atoms with Crippen molar-refractivity contribution in [2.75, 3.05) is 0 Å². The molecule has 0 aromatic heterocycles. The molecule has 0 amide bonds. The van der Waals surface area contributed by atoms with Crippen molar-refractivity contribution in [1.82, 2.24) is 0 Å². The van der Waals surface area contributed by atoms with Crippen LogP contribution in [0.5, 0.6) is 0 Å². The van der Waals surface area contributed by atoms with Crippen LogP contribution in [0.4, 0.5) is 35.1 Å². The first-order valence-electron chi connectivity index (χ1n) is 14.1. The highest BCUT2D eigenvalue weighted by Gasteiger charge is 2.49. The first-order chi connectivity index (χ1) is 20.6. The second kappa shape index (κ2) is 11.6. The van der Waals surface area contributed by atoms with Crippen LogP contribution >= 0.6 is 0 Å². The molecule has 0 spiro atoms. The number of alkyl halides is 7. The molecule has 3 aromatic rings. The van der Waals surface area contributed by atoms with Crippen molar-refractivity contribution in [1.29, 1.82) is 0 Å². The first-order valence-corrected chi connectivity index (χ1v) is 14.1. The Bertz CT molecular complexity index is 1600. The van der Waals surface area contributed by atoms with Crippen LogP contribution in [0.25, 0.3) is 5.57 Å². The summed E-state index contributed by atoms with van der Waals surface area (Å²) >= 11 is 0. The minimum Gasteiger partial charge on any atom is -0.365 e. The van der Waals surface area contributed by atoms with Gasteiger partial charge in [-0.05, 0) is 83.8 Å². The van der Waals surface area contributed by atoms with E-state index >= 15 is 4.39 Å². The van der Waals surface area contributed by atoms with E-state index in [-0.39, 0.29) is 34.4 Å². The van der Waals surface area contributed by atoms with Gasteiger partial charge in [0.25, 0.3) is 0 Å². The van der Waals surface area contributed by atoms with Gasteiger partial charge >= 0.3 is 12.4 Å². The summed E-state index contributed by atoms with van der Waals surface area (Å²) in [6, 6.07) is 13.6. The molecule has 0 saturated heterocycles. The van der Waals surface area contributed by atoms with Gasteiger partial charge in [-0.3, -0.25) is 4.99 Å². The van der Waals surface area contributed by atoms with Gasteiger partial charge in [-0.2, -0.15) is 26.3 Å². The van der Waals surface area contributed by atoms with Gasteiger partial charge in [0.15, 0.2) is 11.9 Å². The minimum atomic E-state index is -4.61. The van der Waals surface area contributed by atoms with E-state index in [1.807, 2.05) is 0 Å². The van der Waals surface area contributed by atoms with E-state index in [9.17, 15) is 35.8 Å². The number of allylic oxidation sites excluding steroid dienone is 2. The number of benzene rings is 3. The Balaban J connectivity index is 1.64. The highest BCUT2D eigenvalue weighted by Crippen LogP contribution is 2.51. The summed E-state index contributed by atoms with van der Waals surface area (Å²) in [5, 5.41) is 12.3. The maximum atomic E-state index is 16.6. The zero-order valence-corrected chi connectivity index (χ0v) is 23.8. The number of aliphatic hydroxyl groups is 1. The summed E-state index contributed by atoms with van der Waals surface area (Å²) in [5.74, 6) is -1.60. The lowest BCUT2D eigenvalue weighted by Crippen LogP contribution is -2.46. The van der Waals surface area contributed by atoms with Crippen molar-refractivity contribution in [2.24, 2.45) is 16.8 Å². The summed E-state index contributed by atoms with van der Waals surface area (Å²) in [6.45, 7) is 3.48. The fourth-order valence-corrected chi connectivity index (χ4v) is 5.95. The third kappa shape index (κ3) is 6.09. The Morgan fingerprint density at radius 3 is 1.91 bits per heavy atom. The SMILES string of the molecule is CC(C)C1=NC2(O)C(=CCCC2Cc2ccc(C(F)(F)F)cc2)C(c2ccc(F)cc2)=C1C(F)c1ccc(C(F)(F)F)cc1. The summed E-state index contributed by atoms with van der Waals surface area (Å²) < 4.78 is 110. The van der Waals surface area contributed by atoms with E-state index in [1.54, 1.807) is 19.9 Å². The van der Waals surface area contributed by atoms with Gasteiger partial charge in [0.1, 0.15) is 5.82 Å². The van der Waals surface area contributed by atoms with Crippen molar-refractivity contribution in [3.05, 3.63) is 124 Å². The molecule has 0 saturated carbocycles. The molecule has 10 heteroatoms. The molecular weight excluding hydrogens is 590 g/mol. The van der Waals surface area contributed by atoms with Crippen LogP contribution in [0.1, 0.15) is 60.7 Å². The third-order valence-corrected chi connectivity index (χ3v) is 8.16. The molecule has 232 valence electrons. The number of dihydropyridines is 1. The van der Waals surface area contributed by atoms with Crippen molar-refractivity contribution in [2.45, 2.75) is 57.4 Å². The average molecular weight is 620 g/mol. The van der Waals surface area contributed by atoms with Gasteiger partial charge in [-0.1, -0.05) is 56.3 Å². The number of halogens is 8. The number of nitrogens with zero attached hydrogens (tertiary/aromatic N) is 1. The van der Waals surface area contributed by atoms with Gasteiger partial charge in [-0.15, -0.1) is 0 Å². The Hall–Kier alpha value is -3.79. The highest BCUT2D eigenvalue weighted by atomic mass is 19.4. The number of aliphatic imine (C=N–C) groups is 1. The van der Waals surface area contributed by atoms with Crippen LogP contribution in [0.3, 0.4) is 0 Å². The smallest absolute Gasteiger partial charge is 0.365 e. The molecule has 1 N–H and O–H groups in total. The molecule has 1 heterocycles. The molecule has 0 bridgehead atoms. The normalized spacial score (nSPS) is 21.6. The van der Waals surface area contributed by atoms with Crippen LogP contribution in [-0.4, -0.2) is 16.5 Å². The number of hydrogen-bond donors (Lipinski definition) is 1. The molecule has 3 atom stereocenters. The molecule has 5 rings (SSSR count). The standard InChI is InChI=1S/C34H29F8NO/c1-19(2)31-29(30(36)22-8-14-24(15-9-22)34(40,41)42)28(21-10-16-26(35)17-11-21)27-5-3-4-25(32(27,44)43-31)18-20-6-12-23(13-7-20)33(37,38)39/h5-17,19,25,30,44H,3-4,18H2,1-2H3. The van der Waals surface area contributed by atoms with Gasteiger partial charge in [-0.25, -0.2) is 8.78 Å². The van der Waals surface area contributed by atoms with Gasteiger partial charge < -0.3 is 5.11 Å². The number of hydrogen-bond acceptors (Lipinski definition) is 2. The van der Waals surface area contributed by atoms with E-state index in [0.717, 1.165) is 36.4 Å². The maximum absolute atomic E-state index is 16.6. The highest BCUT2D eigenvalue weighted by molar-refractivity contribution is 6.13. The second-order valence-electron chi connectivity index (χ2n) is 11.4. The maximum Gasteiger partial charge on any atom is 0.416 e. The molecule has 1 aliphatic carbocycles. The summed E-state index contributed by atoms with van der Waals surface area (Å²) in [6.07, 6.45) is -8.29. The third-order valence-electron chi connectivity index (χ3n) is 8.16. The van der Waals surface area contributed by atoms with Crippen LogP contribution < -0.4 is 0 Å². The molecule has 1 aliphatic heterocycles. The van der Waals surface area contributed by atoms with Gasteiger partial charge in [0.2, 0.25) is 0 Å². The Labute approximate surface area is 249 Å². The lowest BCUT2D eigenvalue weighted by atomic mass is 9.69. The molecule has 44 heavy (non-hydrogen) atoms.